The zero-order chi connectivity index (χ0) is 9.97. The largest absolute Gasteiger partial charge is 0.472 e. The first kappa shape index (κ1) is 10.1. The molecule has 1 aliphatic heterocycles. The summed E-state index contributed by atoms with van der Waals surface area (Å²) in [7, 11) is 0. The zero-order valence-corrected chi connectivity index (χ0v) is 9.22. The van der Waals surface area contributed by atoms with Crippen LogP contribution in [0, 0.1) is 12.8 Å². The van der Waals surface area contributed by atoms with Gasteiger partial charge in [-0.15, -0.1) is 0 Å². The quantitative estimate of drug-likeness (QED) is 0.818. The van der Waals surface area contributed by atoms with Crippen LogP contribution in [-0.2, 0) is 0 Å². The number of aliphatic hydroxyl groups is 1. The van der Waals surface area contributed by atoms with Crippen LogP contribution in [-0.4, -0.2) is 16.6 Å². The highest BCUT2D eigenvalue weighted by Crippen LogP contribution is 2.34. The number of aliphatic hydroxyl groups excluding tert-OH is 1. The fourth-order valence-electron chi connectivity index (χ4n) is 1.94. The van der Waals surface area contributed by atoms with Crippen LogP contribution < -0.4 is 0 Å². The molecule has 0 saturated carbocycles. The summed E-state index contributed by atoms with van der Waals surface area (Å²) in [4.78, 5) is 0. The molecule has 14 heavy (non-hydrogen) atoms. The summed E-state index contributed by atoms with van der Waals surface area (Å²) < 4.78 is 5.09. The van der Waals surface area contributed by atoms with Crippen molar-refractivity contribution in [3.05, 3.63) is 23.7 Å². The Labute approximate surface area is 88.7 Å². The van der Waals surface area contributed by atoms with Crippen molar-refractivity contribution in [2.75, 3.05) is 11.5 Å². The standard InChI is InChI=1S/C11H16O2S/c1-8-5-13-6-10(8)11(12)9-3-2-4-14-7-9/h5-6,9,11-12H,2-4,7H2,1H3. The van der Waals surface area contributed by atoms with Crippen molar-refractivity contribution in [3.63, 3.8) is 0 Å². The first-order chi connectivity index (χ1) is 6.79. The van der Waals surface area contributed by atoms with E-state index >= 15 is 0 Å². The van der Waals surface area contributed by atoms with E-state index in [4.69, 9.17) is 4.42 Å². The van der Waals surface area contributed by atoms with E-state index in [0.29, 0.717) is 5.92 Å². The molecule has 2 nitrogen and oxygen atoms in total. The second kappa shape index (κ2) is 4.41. The molecule has 1 aromatic rings. The minimum Gasteiger partial charge on any atom is -0.472 e. The van der Waals surface area contributed by atoms with Crippen molar-refractivity contribution in [2.24, 2.45) is 5.92 Å². The summed E-state index contributed by atoms with van der Waals surface area (Å²) in [5.41, 5.74) is 2.03. The Kier molecular flexibility index (Phi) is 3.19. The minimum atomic E-state index is -0.332. The van der Waals surface area contributed by atoms with Crippen LogP contribution in [0.1, 0.15) is 30.1 Å². The minimum absolute atomic E-state index is 0.332. The lowest BCUT2D eigenvalue weighted by Crippen LogP contribution is -2.19. The van der Waals surface area contributed by atoms with Crippen molar-refractivity contribution in [3.8, 4) is 0 Å². The third-order valence-electron chi connectivity index (χ3n) is 2.86. The highest BCUT2D eigenvalue weighted by atomic mass is 32.2. The van der Waals surface area contributed by atoms with Gasteiger partial charge < -0.3 is 9.52 Å². The lowest BCUT2D eigenvalue weighted by atomic mass is 9.93. The van der Waals surface area contributed by atoms with Crippen LogP contribution in [0.5, 0.6) is 0 Å². The van der Waals surface area contributed by atoms with Crippen LogP contribution in [0.25, 0.3) is 0 Å². The third kappa shape index (κ3) is 1.98. The Morgan fingerprint density at radius 3 is 3.00 bits per heavy atom. The summed E-state index contributed by atoms with van der Waals surface area (Å²) in [6.45, 7) is 1.98. The number of hydrogen-bond donors (Lipinski definition) is 1. The summed E-state index contributed by atoms with van der Waals surface area (Å²) in [6.07, 6.45) is 5.41. The van der Waals surface area contributed by atoms with Gasteiger partial charge in [0.15, 0.2) is 0 Å². The predicted molar refractivity (Wildman–Crippen MR) is 58.5 cm³/mol. The lowest BCUT2D eigenvalue weighted by molar-refractivity contribution is 0.112. The summed E-state index contributed by atoms with van der Waals surface area (Å²) in [5.74, 6) is 2.73. The van der Waals surface area contributed by atoms with Gasteiger partial charge in [0.05, 0.1) is 18.6 Å². The average Bonchev–Trinajstić information content (AvgIpc) is 2.65. The molecule has 1 N–H and O–H groups in total. The molecule has 0 aromatic carbocycles. The number of furan rings is 1. The van der Waals surface area contributed by atoms with Gasteiger partial charge in [-0.05, 0) is 42.8 Å². The van der Waals surface area contributed by atoms with Gasteiger partial charge in [0.25, 0.3) is 0 Å². The molecule has 1 saturated heterocycles. The fourth-order valence-corrected chi connectivity index (χ4v) is 3.13. The molecule has 1 aromatic heterocycles. The maximum atomic E-state index is 10.1. The molecule has 0 aliphatic carbocycles. The maximum absolute atomic E-state index is 10.1. The van der Waals surface area contributed by atoms with Crippen molar-refractivity contribution >= 4 is 11.8 Å². The molecule has 2 atom stereocenters. The first-order valence-corrected chi connectivity index (χ1v) is 6.23. The Bertz CT molecular complexity index is 289. The van der Waals surface area contributed by atoms with Crippen molar-refractivity contribution < 1.29 is 9.52 Å². The normalized spacial score (nSPS) is 24.9. The number of thioether (sulfide) groups is 1. The molecule has 1 fully saturated rings. The molecule has 2 unspecified atom stereocenters. The molecule has 0 radical (unpaired) electrons. The SMILES string of the molecule is Cc1cocc1C(O)C1CCCSC1. The molecule has 0 amide bonds. The van der Waals surface area contributed by atoms with E-state index in [1.54, 1.807) is 12.5 Å². The molecule has 1 aliphatic rings. The highest BCUT2D eigenvalue weighted by Gasteiger charge is 2.25. The molecule has 78 valence electrons. The molecule has 0 bridgehead atoms. The average molecular weight is 212 g/mol. The van der Waals surface area contributed by atoms with E-state index in [1.165, 1.54) is 12.2 Å². The monoisotopic (exact) mass is 212 g/mol. The molecular formula is C11H16O2S. The Morgan fingerprint density at radius 2 is 2.43 bits per heavy atom. The van der Waals surface area contributed by atoms with Gasteiger partial charge in [-0.1, -0.05) is 0 Å². The Hall–Kier alpha value is -0.410. The Morgan fingerprint density at radius 1 is 1.57 bits per heavy atom. The van der Waals surface area contributed by atoms with E-state index in [1.807, 2.05) is 18.7 Å². The van der Waals surface area contributed by atoms with Crippen molar-refractivity contribution in [1.82, 2.24) is 0 Å². The van der Waals surface area contributed by atoms with Gasteiger partial charge in [0.2, 0.25) is 0 Å². The van der Waals surface area contributed by atoms with Crippen LogP contribution >= 0.6 is 11.8 Å². The van der Waals surface area contributed by atoms with Gasteiger partial charge in [0, 0.05) is 5.56 Å². The summed E-state index contributed by atoms with van der Waals surface area (Å²) in [5, 5.41) is 10.1. The van der Waals surface area contributed by atoms with Gasteiger partial charge >= 0.3 is 0 Å². The predicted octanol–water partition coefficient (Wildman–Crippen LogP) is 2.76. The van der Waals surface area contributed by atoms with Crippen LogP contribution in [0.2, 0.25) is 0 Å². The zero-order valence-electron chi connectivity index (χ0n) is 8.40. The van der Waals surface area contributed by atoms with Crippen LogP contribution in [0.4, 0.5) is 0 Å². The van der Waals surface area contributed by atoms with E-state index in [0.717, 1.165) is 23.3 Å². The highest BCUT2D eigenvalue weighted by molar-refractivity contribution is 7.99. The van der Waals surface area contributed by atoms with Gasteiger partial charge in [-0.3, -0.25) is 0 Å². The van der Waals surface area contributed by atoms with Gasteiger partial charge in [-0.2, -0.15) is 11.8 Å². The van der Waals surface area contributed by atoms with E-state index in [-0.39, 0.29) is 6.10 Å². The van der Waals surface area contributed by atoms with E-state index in [2.05, 4.69) is 0 Å². The number of aryl methyl sites for hydroxylation is 1. The maximum Gasteiger partial charge on any atom is 0.0963 e. The van der Waals surface area contributed by atoms with Gasteiger partial charge in [0.1, 0.15) is 0 Å². The summed E-state index contributed by atoms with van der Waals surface area (Å²) in [6, 6.07) is 0. The summed E-state index contributed by atoms with van der Waals surface area (Å²) >= 11 is 1.94. The van der Waals surface area contributed by atoms with Crippen LogP contribution in [0.3, 0.4) is 0 Å². The molecule has 2 rings (SSSR count). The third-order valence-corrected chi connectivity index (χ3v) is 4.10. The van der Waals surface area contributed by atoms with E-state index < -0.39 is 0 Å². The molecule has 2 heterocycles. The van der Waals surface area contributed by atoms with Crippen molar-refractivity contribution in [2.45, 2.75) is 25.9 Å². The number of rotatable bonds is 2. The smallest absolute Gasteiger partial charge is 0.0963 e. The Balaban J connectivity index is 2.07. The molecule has 0 spiro atoms. The lowest BCUT2D eigenvalue weighted by Gasteiger charge is -2.25. The second-order valence-corrected chi connectivity index (χ2v) is 5.08. The van der Waals surface area contributed by atoms with Crippen molar-refractivity contribution in [1.29, 1.82) is 0 Å². The fraction of sp³-hybridized carbons (Fsp3) is 0.636. The molecular weight excluding hydrogens is 196 g/mol. The topological polar surface area (TPSA) is 33.4 Å². The second-order valence-electron chi connectivity index (χ2n) is 3.93. The molecule has 3 heteroatoms. The van der Waals surface area contributed by atoms with Crippen LogP contribution in [0.15, 0.2) is 16.9 Å². The van der Waals surface area contributed by atoms with E-state index in [9.17, 15) is 5.11 Å². The van der Waals surface area contributed by atoms with Gasteiger partial charge in [-0.25, -0.2) is 0 Å². The first-order valence-electron chi connectivity index (χ1n) is 5.07. The number of hydrogen-bond acceptors (Lipinski definition) is 3.